The van der Waals surface area contributed by atoms with Gasteiger partial charge in [0.2, 0.25) is 0 Å². The maximum atomic E-state index is 12.1. The van der Waals surface area contributed by atoms with Crippen molar-refractivity contribution >= 4 is 44.7 Å². The Kier molecular flexibility index (Phi) is 4.26. The molecule has 110 valence electrons. The first-order valence-electron chi connectivity index (χ1n) is 5.24. The van der Waals surface area contributed by atoms with Crippen LogP contribution >= 0.6 is 23.2 Å². The highest BCUT2D eigenvalue weighted by Crippen LogP contribution is 2.27. The molecule has 0 aliphatic rings. The van der Waals surface area contributed by atoms with Crippen molar-refractivity contribution in [1.82, 2.24) is 9.97 Å². The summed E-state index contributed by atoms with van der Waals surface area (Å²) in [6.45, 7) is 0. The molecule has 2 aromatic rings. The number of nitrogens with zero attached hydrogens (tertiary/aromatic N) is 3. The van der Waals surface area contributed by atoms with Gasteiger partial charge < -0.3 is 0 Å². The number of non-ortho nitro benzene ring substituents is 1. The summed E-state index contributed by atoms with van der Waals surface area (Å²) >= 11 is 11.4. The van der Waals surface area contributed by atoms with Crippen LogP contribution in [-0.2, 0) is 10.0 Å². The minimum absolute atomic E-state index is 0.0515. The van der Waals surface area contributed by atoms with Gasteiger partial charge in [-0.3, -0.25) is 14.8 Å². The lowest BCUT2D eigenvalue weighted by Gasteiger charge is -2.08. The molecular weight excluding hydrogens is 343 g/mol. The topological polar surface area (TPSA) is 115 Å². The van der Waals surface area contributed by atoms with E-state index in [2.05, 4.69) is 14.7 Å². The van der Waals surface area contributed by atoms with Crippen molar-refractivity contribution in [2.24, 2.45) is 0 Å². The molecule has 0 aliphatic heterocycles. The molecule has 0 aliphatic carbocycles. The van der Waals surface area contributed by atoms with Crippen molar-refractivity contribution in [1.29, 1.82) is 0 Å². The number of nitrogens with one attached hydrogen (secondary N) is 1. The highest BCUT2D eigenvalue weighted by molar-refractivity contribution is 7.92. The van der Waals surface area contributed by atoms with Crippen LogP contribution in [0.4, 0.5) is 11.5 Å². The average molecular weight is 349 g/mol. The van der Waals surface area contributed by atoms with Gasteiger partial charge in [-0.2, -0.15) is 0 Å². The number of sulfonamides is 1. The monoisotopic (exact) mass is 348 g/mol. The Morgan fingerprint density at radius 3 is 2.48 bits per heavy atom. The van der Waals surface area contributed by atoms with Crippen LogP contribution in [0.15, 0.2) is 35.5 Å². The SMILES string of the molecule is O=[N+]([O-])c1ccc(S(=O)(=O)Nc2cc(Cl)ncn2)c(Cl)c1. The van der Waals surface area contributed by atoms with E-state index in [1.807, 2.05) is 0 Å². The van der Waals surface area contributed by atoms with Crippen molar-refractivity contribution in [3.63, 3.8) is 0 Å². The number of aromatic nitrogens is 2. The fourth-order valence-electron chi connectivity index (χ4n) is 1.40. The van der Waals surface area contributed by atoms with Gasteiger partial charge in [0.05, 0.1) is 9.95 Å². The molecule has 1 aromatic carbocycles. The standard InChI is InChI=1S/C10H6Cl2N4O4S/c11-7-3-6(16(17)18)1-2-8(7)21(19,20)15-10-4-9(12)13-5-14-10/h1-5H,(H,13,14,15). The quantitative estimate of drug-likeness (QED) is 0.515. The summed E-state index contributed by atoms with van der Waals surface area (Å²) < 4.78 is 26.4. The molecule has 0 atom stereocenters. The third kappa shape index (κ3) is 3.57. The van der Waals surface area contributed by atoms with E-state index < -0.39 is 14.9 Å². The van der Waals surface area contributed by atoms with Gasteiger partial charge in [0.25, 0.3) is 15.7 Å². The largest absolute Gasteiger partial charge is 0.271 e. The number of hydrogen-bond acceptors (Lipinski definition) is 6. The van der Waals surface area contributed by atoms with Gasteiger partial charge in [0.15, 0.2) is 0 Å². The number of anilines is 1. The summed E-state index contributed by atoms with van der Waals surface area (Å²) in [4.78, 5) is 16.9. The van der Waals surface area contributed by atoms with Gasteiger partial charge in [-0.1, -0.05) is 23.2 Å². The van der Waals surface area contributed by atoms with Gasteiger partial charge >= 0.3 is 0 Å². The molecule has 0 amide bonds. The highest BCUT2D eigenvalue weighted by atomic mass is 35.5. The summed E-state index contributed by atoms with van der Waals surface area (Å²) in [5.74, 6) is -0.0515. The second-order valence-corrected chi connectivity index (χ2v) is 6.15. The second kappa shape index (κ2) is 5.80. The van der Waals surface area contributed by atoms with Gasteiger partial charge in [-0.05, 0) is 6.07 Å². The van der Waals surface area contributed by atoms with E-state index in [-0.39, 0.29) is 26.6 Å². The number of nitro groups is 1. The first-order valence-corrected chi connectivity index (χ1v) is 7.48. The predicted octanol–water partition coefficient (Wildman–Crippen LogP) is 2.49. The number of nitro benzene ring substituents is 1. The summed E-state index contributed by atoms with van der Waals surface area (Å²) in [7, 11) is -4.06. The van der Waals surface area contributed by atoms with Crippen LogP contribution in [0.1, 0.15) is 0 Å². The predicted molar refractivity (Wildman–Crippen MR) is 76.0 cm³/mol. The average Bonchev–Trinajstić information content (AvgIpc) is 2.37. The highest BCUT2D eigenvalue weighted by Gasteiger charge is 2.21. The fraction of sp³-hybridized carbons (Fsp3) is 0. The van der Waals surface area contributed by atoms with Gasteiger partial charge in [-0.15, -0.1) is 0 Å². The number of benzene rings is 1. The lowest BCUT2D eigenvalue weighted by atomic mass is 10.3. The lowest BCUT2D eigenvalue weighted by molar-refractivity contribution is -0.384. The van der Waals surface area contributed by atoms with Crippen LogP contribution in [0.2, 0.25) is 10.2 Å². The van der Waals surface area contributed by atoms with Crippen molar-refractivity contribution < 1.29 is 13.3 Å². The first kappa shape index (κ1) is 15.4. The van der Waals surface area contributed by atoms with Gasteiger partial charge in [-0.25, -0.2) is 18.4 Å². The zero-order valence-corrected chi connectivity index (χ0v) is 12.4. The molecule has 1 aromatic heterocycles. The number of hydrogen-bond donors (Lipinski definition) is 1. The molecule has 0 saturated carbocycles. The van der Waals surface area contributed by atoms with E-state index in [0.29, 0.717) is 0 Å². The molecule has 11 heteroatoms. The number of halogens is 2. The Morgan fingerprint density at radius 2 is 1.90 bits per heavy atom. The van der Waals surface area contributed by atoms with Crippen LogP contribution in [-0.4, -0.2) is 23.3 Å². The van der Waals surface area contributed by atoms with Crippen molar-refractivity contribution in [3.8, 4) is 0 Å². The minimum atomic E-state index is -4.06. The normalized spacial score (nSPS) is 11.1. The molecule has 1 heterocycles. The van der Waals surface area contributed by atoms with E-state index in [1.165, 1.54) is 6.07 Å². The summed E-state index contributed by atoms with van der Waals surface area (Å²) in [5.41, 5.74) is -0.316. The van der Waals surface area contributed by atoms with E-state index in [0.717, 1.165) is 24.5 Å². The maximum Gasteiger partial charge on any atom is 0.271 e. The minimum Gasteiger partial charge on any atom is -0.263 e. The first-order chi connectivity index (χ1) is 9.79. The summed E-state index contributed by atoms with van der Waals surface area (Å²) in [6.07, 6.45) is 1.08. The molecule has 0 fully saturated rings. The van der Waals surface area contributed by atoms with Crippen molar-refractivity contribution in [2.45, 2.75) is 4.90 Å². The second-order valence-electron chi connectivity index (χ2n) is 3.70. The van der Waals surface area contributed by atoms with E-state index in [4.69, 9.17) is 23.2 Å². The molecule has 0 radical (unpaired) electrons. The Labute approximate surface area is 128 Å². The molecule has 0 saturated heterocycles. The third-order valence-corrected chi connectivity index (χ3v) is 4.33. The van der Waals surface area contributed by atoms with E-state index in [1.54, 1.807) is 0 Å². The molecule has 21 heavy (non-hydrogen) atoms. The molecular formula is C10H6Cl2N4O4S. The Bertz CT molecular complexity index is 812. The zero-order chi connectivity index (χ0) is 15.6. The van der Waals surface area contributed by atoms with Gasteiger partial charge in [0.1, 0.15) is 22.2 Å². The summed E-state index contributed by atoms with van der Waals surface area (Å²) in [6, 6.07) is 4.22. The molecule has 2 rings (SSSR count). The fourth-order valence-corrected chi connectivity index (χ4v) is 3.09. The third-order valence-electron chi connectivity index (χ3n) is 2.29. The van der Waals surface area contributed by atoms with Crippen LogP contribution in [0.5, 0.6) is 0 Å². The molecule has 1 N–H and O–H groups in total. The molecule has 0 unspecified atom stereocenters. The van der Waals surface area contributed by atoms with E-state index in [9.17, 15) is 18.5 Å². The smallest absolute Gasteiger partial charge is 0.263 e. The van der Waals surface area contributed by atoms with Crippen LogP contribution in [0.3, 0.4) is 0 Å². The van der Waals surface area contributed by atoms with Crippen LogP contribution < -0.4 is 4.72 Å². The molecule has 0 spiro atoms. The molecule has 8 nitrogen and oxygen atoms in total. The lowest BCUT2D eigenvalue weighted by Crippen LogP contribution is -2.14. The molecule has 0 bridgehead atoms. The van der Waals surface area contributed by atoms with Crippen molar-refractivity contribution in [2.75, 3.05) is 4.72 Å². The Balaban J connectivity index is 2.38. The summed E-state index contributed by atoms with van der Waals surface area (Å²) in [5, 5.41) is 10.4. The van der Waals surface area contributed by atoms with Crippen LogP contribution in [0, 0.1) is 10.1 Å². The number of rotatable bonds is 4. The Hall–Kier alpha value is -1.97. The maximum absolute atomic E-state index is 12.1. The van der Waals surface area contributed by atoms with Crippen LogP contribution in [0.25, 0.3) is 0 Å². The van der Waals surface area contributed by atoms with E-state index >= 15 is 0 Å². The Morgan fingerprint density at radius 1 is 1.19 bits per heavy atom. The van der Waals surface area contributed by atoms with Gasteiger partial charge in [0, 0.05) is 18.2 Å². The van der Waals surface area contributed by atoms with Crippen molar-refractivity contribution in [3.05, 3.63) is 50.9 Å². The zero-order valence-electron chi connectivity index (χ0n) is 10.0.